The molecule has 1 amide bonds. The molecule has 0 aliphatic heterocycles. The molecule has 0 spiro atoms. The molecule has 1 aromatic carbocycles. The minimum Gasteiger partial charge on any atom is -0.307 e. The van der Waals surface area contributed by atoms with Crippen LogP contribution >= 0.6 is 0 Å². The standard InChI is InChI=1S/C23H22F2N6O/c1-12-10-26-31(11-15-8-16(24)6-7-18(15)25)21(12)28-23(32)17-9-19(14-4-5-14)27-22-20(17)13(2)29-30(22)3/h6-10,14H,4-5,11H2,1-3H3,(H,28,32). The number of carbonyl (C=O) groups excluding carboxylic acids is 1. The van der Waals surface area contributed by atoms with Gasteiger partial charge in [0.1, 0.15) is 17.5 Å². The van der Waals surface area contributed by atoms with Gasteiger partial charge >= 0.3 is 0 Å². The van der Waals surface area contributed by atoms with Crippen molar-refractivity contribution in [2.75, 3.05) is 5.32 Å². The first-order chi connectivity index (χ1) is 15.3. The van der Waals surface area contributed by atoms with E-state index >= 15 is 0 Å². The van der Waals surface area contributed by atoms with Gasteiger partial charge in [0.2, 0.25) is 0 Å². The summed E-state index contributed by atoms with van der Waals surface area (Å²) in [7, 11) is 1.81. The zero-order valence-corrected chi connectivity index (χ0v) is 18.0. The average Bonchev–Trinajstić information content (AvgIpc) is 3.50. The highest BCUT2D eigenvalue weighted by molar-refractivity contribution is 6.12. The molecule has 4 aromatic rings. The molecule has 164 valence electrons. The summed E-state index contributed by atoms with van der Waals surface area (Å²) in [5, 5.41) is 12.3. The van der Waals surface area contributed by atoms with Crippen LogP contribution in [-0.2, 0) is 13.6 Å². The summed E-state index contributed by atoms with van der Waals surface area (Å²) in [5.74, 6) is -0.593. The van der Waals surface area contributed by atoms with Crippen LogP contribution in [0.25, 0.3) is 11.0 Å². The van der Waals surface area contributed by atoms with Crippen molar-refractivity contribution in [2.24, 2.45) is 7.05 Å². The molecular weight excluding hydrogens is 414 g/mol. The number of nitrogens with zero attached hydrogens (tertiary/aromatic N) is 5. The minimum atomic E-state index is -0.535. The van der Waals surface area contributed by atoms with Gasteiger partial charge in [-0.2, -0.15) is 10.2 Å². The number of halogens is 2. The van der Waals surface area contributed by atoms with Crippen LogP contribution in [0.1, 0.15) is 51.6 Å². The first-order valence-corrected chi connectivity index (χ1v) is 10.4. The van der Waals surface area contributed by atoms with Crippen LogP contribution in [0.3, 0.4) is 0 Å². The molecule has 0 unspecified atom stereocenters. The van der Waals surface area contributed by atoms with Crippen LogP contribution in [0.5, 0.6) is 0 Å². The monoisotopic (exact) mass is 436 g/mol. The van der Waals surface area contributed by atoms with E-state index in [1.54, 1.807) is 17.8 Å². The van der Waals surface area contributed by atoms with E-state index in [1.165, 1.54) is 4.68 Å². The second-order valence-electron chi connectivity index (χ2n) is 8.30. The minimum absolute atomic E-state index is 0.0158. The second kappa shape index (κ2) is 7.51. The van der Waals surface area contributed by atoms with Gasteiger partial charge in [-0.25, -0.2) is 18.4 Å². The van der Waals surface area contributed by atoms with Crippen LogP contribution in [0.4, 0.5) is 14.6 Å². The Morgan fingerprint density at radius 2 is 2.00 bits per heavy atom. The molecule has 1 aliphatic carbocycles. The molecule has 0 atom stereocenters. The average molecular weight is 436 g/mol. The quantitative estimate of drug-likeness (QED) is 0.508. The van der Waals surface area contributed by atoms with E-state index in [4.69, 9.17) is 4.98 Å². The van der Waals surface area contributed by atoms with Gasteiger partial charge in [0.05, 0.1) is 29.4 Å². The van der Waals surface area contributed by atoms with Crippen molar-refractivity contribution in [1.82, 2.24) is 24.5 Å². The SMILES string of the molecule is Cc1cnn(Cc2cc(F)ccc2F)c1NC(=O)c1cc(C2CC2)nc2c1c(C)nn2C. The molecule has 0 bridgehead atoms. The maximum absolute atomic E-state index is 14.2. The summed E-state index contributed by atoms with van der Waals surface area (Å²) >= 11 is 0. The first kappa shape index (κ1) is 20.3. The largest absolute Gasteiger partial charge is 0.307 e. The van der Waals surface area contributed by atoms with Crippen LogP contribution < -0.4 is 5.32 Å². The fourth-order valence-electron chi connectivity index (χ4n) is 3.99. The number of nitrogens with one attached hydrogen (secondary N) is 1. The van der Waals surface area contributed by atoms with Gasteiger partial charge in [0.25, 0.3) is 5.91 Å². The topological polar surface area (TPSA) is 77.6 Å². The molecule has 3 aromatic heterocycles. The molecule has 0 saturated heterocycles. The van der Waals surface area contributed by atoms with Crippen molar-refractivity contribution in [3.63, 3.8) is 0 Å². The summed E-state index contributed by atoms with van der Waals surface area (Å²) in [4.78, 5) is 18.1. The highest BCUT2D eigenvalue weighted by atomic mass is 19.1. The number of pyridine rings is 1. The van der Waals surface area contributed by atoms with Crippen LogP contribution in [0.2, 0.25) is 0 Å². The predicted molar refractivity (Wildman–Crippen MR) is 116 cm³/mol. The molecule has 5 rings (SSSR count). The lowest BCUT2D eigenvalue weighted by Crippen LogP contribution is -2.18. The Balaban J connectivity index is 1.52. The molecule has 1 aliphatic rings. The number of amides is 1. The van der Waals surface area contributed by atoms with Crippen molar-refractivity contribution in [3.8, 4) is 0 Å². The van der Waals surface area contributed by atoms with E-state index in [2.05, 4.69) is 15.5 Å². The maximum atomic E-state index is 14.2. The summed E-state index contributed by atoms with van der Waals surface area (Å²) in [5.41, 5.74) is 3.63. The van der Waals surface area contributed by atoms with Crippen molar-refractivity contribution in [1.29, 1.82) is 0 Å². The van der Waals surface area contributed by atoms with Gasteiger partial charge in [0, 0.05) is 29.8 Å². The number of aromatic nitrogens is 5. The molecule has 0 radical (unpaired) electrons. The third-order valence-electron chi connectivity index (χ3n) is 5.81. The van der Waals surface area contributed by atoms with E-state index in [0.717, 1.165) is 42.4 Å². The van der Waals surface area contributed by atoms with E-state index in [9.17, 15) is 13.6 Å². The lowest BCUT2D eigenvalue weighted by Gasteiger charge is -2.12. The third kappa shape index (κ3) is 3.53. The van der Waals surface area contributed by atoms with Gasteiger partial charge in [-0.05, 0) is 51.0 Å². The number of hydrogen-bond acceptors (Lipinski definition) is 4. The highest BCUT2D eigenvalue weighted by Gasteiger charge is 2.29. The van der Waals surface area contributed by atoms with Crippen LogP contribution in [0.15, 0.2) is 30.5 Å². The molecular formula is C23H22F2N6O. The van der Waals surface area contributed by atoms with E-state index in [1.807, 2.05) is 20.0 Å². The number of carbonyl (C=O) groups is 1. The van der Waals surface area contributed by atoms with E-state index in [0.29, 0.717) is 33.9 Å². The van der Waals surface area contributed by atoms with Crippen molar-refractivity contribution >= 4 is 22.8 Å². The summed E-state index contributed by atoms with van der Waals surface area (Å²) in [6.07, 6.45) is 3.70. The van der Waals surface area contributed by atoms with Crippen molar-refractivity contribution in [3.05, 3.63) is 70.2 Å². The first-order valence-electron chi connectivity index (χ1n) is 10.4. The van der Waals surface area contributed by atoms with Gasteiger partial charge in [-0.15, -0.1) is 0 Å². The Kier molecular flexibility index (Phi) is 4.76. The van der Waals surface area contributed by atoms with Crippen molar-refractivity contribution in [2.45, 2.75) is 39.2 Å². The summed E-state index contributed by atoms with van der Waals surface area (Å²) in [6.45, 7) is 3.63. The smallest absolute Gasteiger partial charge is 0.257 e. The third-order valence-corrected chi connectivity index (χ3v) is 5.81. The van der Waals surface area contributed by atoms with Crippen molar-refractivity contribution < 1.29 is 13.6 Å². The molecule has 1 fully saturated rings. The molecule has 7 nitrogen and oxygen atoms in total. The van der Waals surface area contributed by atoms with Gasteiger partial charge in [-0.1, -0.05) is 0 Å². The van der Waals surface area contributed by atoms with E-state index in [-0.39, 0.29) is 18.0 Å². The molecule has 32 heavy (non-hydrogen) atoms. The Bertz CT molecular complexity index is 1370. The Hall–Kier alpha value is -3.62. The Morgan fingerprint density at radius 1 is 1.22 bits per heavy atom. The predicted octanol–water partition coefficient (Wildman–Crippen LogP) is 4.24. The fourth-order valence-corrected chi connectivity index (χ4v) is 3.99. The highest BCUT2D eigenvalue weighted by Crippen LogP contribution is 2.40. The zero-order valence-electron chi connectivity index (χ0n) is 18.0. The number of aryl methyl sites for hydroxylation is 3. The fraction of sp³-hybridized carbons (Fsp3) is 0.304. The second-order valence-corrected chi connectivity index (χ2v) is 8.30. The summed E-state index contributed by atoms with van der Waals surface area (Å²) in [6, 6.07) is 5.12. The number of anilines is 1. The van der Waals surface area contributed by atoms with Crippen LogP contribution in [0, 0.1) is 25.5 Å². The van der Waals surface area contributed by atoms with E-state index < -0.39 is 11.6 Å². The number of rotatable bonds is 5. The Morgan fingerprint density at radius 3 is 2.75 bits per heavy atom. The molecule has 3 heterocycles. The lowest BCUT2D eigenvalue weighted by atomic mass is 10.1. The molecule has 1 N–H and O–H groups in total. The van der Waals surface area contributed by atoms with Crippen LogP contribution in [-0.4, -0.2) is 30.5 Å². The van der Waals surface area contributed by atoms with Gasteiger partial charge < -0.3 is 5.32 Å². The molecule has 9 heteroatoms. The zero-order chi connectivity index (χ0) is 22.6. The summed E-state index contributed by atoms with van der Waals surface area (Å²) < 4.78 is 30.9. The number of fused-ring (bicyclic) bond motifs is 1. The normalized spacial score (nSPS) is 13.7. The maximum Gasteiger partial charge on any atom is 0.257 e. The van der Waals surface area contributed by atoms with Gasteiger partial charge in [-0.3, -0.25) is 9.48 Å². The molecule has 1 saturated carbocycles. The van der Waals surface area contributed by atoms with Gasteiger partial charge in [0.15, 0.2) is 5.65 Å². The number of benzene rings is 1. The number of hydrogen-bond donors (Lipinski definition) is 1. The Labute approximate surface area is 183 Å². The lowest BCUT2D eigenvalue weighted by molar-refractivity contribution is 0.102.